The molecule has 0 saturated carbocycles. The predicted octanol–water partition coefficient (Wildman–Crippen LogP) is 3.31. The summed E-state index contributed by atoms with van der Waals surface area (Å²) in [6.07, 6.45) is 0.903. The van der Waals surface area contributed by atoms with E-state index in [4.69, 9.17) is 13.9 Å². The van der Waals surface area contributed by atoms with Crippen molar-refractivity contribution in [2.45, 2.75) is 26.3 Å². The molecule has 1 N–H and O–H groups in total. The Hall–Kier alpha value is -1.94. The Morgan fingerprint density at radius 2 is 1.86 bits per heavy atom. The number of hydrogen-bond acceptors (Lipinski definition) is 4. The summed E-state index contributed by atoms with van der Waals surface area (Å²) in [5, 5.41) is 3.47. The fourth-order valence-electron chi connectivity index (χ4n) is 2.57. The number of benzene rings is 1. The van der Waals surface area contributed by atoms with Gasteiger partial charge in [0.05, 0.1) is 6.04 Å². The highest BCUT2D eigenvalue weighted by molar-refractivity contribution is 5.46. The minimum absolute atomic E-state index is 0.0335. The van der Waals surface area contributed by atoms with Crippen molar-refractivity contribution in [1.29, 1.82) is 0 Å². The number of rotatable bonds is 5. The van der Waals surface area contributed by atoms with Crippen LogP contribution in [0.15, 0.2) is 34.7 Å². The van der Waals surface area contributed by atoms with Crippen LogP contribution in [-0.2, 0) is 6.42 Å². The van der Waals surface area contributed by atoms with Gasteiger partial charge in [0.15, 0.2) is 11.5 Å². The van der Waals surface area contributed by atoms with Crippen LogP contribution >= 0.6 is 0 Å². The molecule has 0 fully saturated rings. The monoisotopic (exact) mass is 287 g/mol. The SMILES string of the molecule is CCNC(c1ccc2c(c1)OCCO2)c1ccc(CC)o1. The van der Waals surface area contributed by atoms with Crippen molar-refractivity contribution in [1.82, 2.24) is 5.32 Å². The van der Waals surface area contributed by atoms with E-state index in [0.29, 0.717) is 13.2 Å². The van der Waals surface area contributed by atoms with Gasteiger partial charge in [0.25, 0.3) is 0 Å². The Morgan fingerprint density at radius 3 is 2.57 bits per heavy atom. The van der Waals surface area contributed by atoms with Gasteiger partial charge < -0.3 is 19.2 Å². The molecular weight excluding hydrogens is 266 g/mol. The Kier molecular flexibility index (Phi) is 4.15. The van der Waals surface area contributed by atoms with Crippen LogP contribution < -0.4 is 14.8 Å². The van der Waals surface area contributed by atoms with Crippen LogP contribution in [0.25, 0.3) is 0 Å². The molecule has 0 aliphatic carbocycles. The highest BCUT2D eigenvalue weighted by Gasteiger charge is 2.20. The highest BCUT2D eigenvalue weighted by Crippen LogP contribution is 2.34. The van der Waals surface area contributed by atoms with Crippen molar-refractivity contribution in [2.24, 2.45) is 0 Å². The maximum absolute atomic E-state index is 5.91. The Bertz CT molecular complexity index is 606. The molecule has 112 valence electrons. The lowest BCUT2D eigenvalue weighted by Gasteiger charge is -2.21. The summed E-state index contributed by atoms with van der Waals surface area (Å²) in [6, 6.07) is 10.2. The lowest BCUT2D eigenvalue weighted by atomic mass is 10.0. The first-order valence-electron chi connectivity index (χ1n) is 7.53. The average molecular weight is 287 g/mol. The molecule has 1 aromatic heterocycles. The minimum Gasteiger partial charge on any atom is -0.486 e. The summed E-state index contributed by atoms with van der Waals surface area (Å²) in [5.74, 6) is 3.56. The van der Waals surface area contributed by atoms with Gasteiger partial charge in [-0.15, -0.1) is 0 Å². The standard InChI is InChI=1S/C17H21NO3/c1-3-13-6-8-15(21-13)17(18-4-2)12-5-7-14-16(11-12)20-10-9-19-14/h5-8,11,17-18H,3-4,9-10H2,1-2H3. The van der Waals surface area contributed by atoms with Crippen molar-refractivity contribution < 1.29 is 13.9 Å². The zero-order chi connectivity index (χ0) is 14.7. The van der Waals surface area contributed by atoms with Gasteiger partial charge in [-0.25, -0.2) is 0 Å². The zero-order valence-corrected chi connectivity index (χ0v) is 12.5. The summed E-state index contributed by atoms with van der Waals surface area (Å²) >= 11 is 0. The van der Waals surface area contributed by atoms with Crippen molar-refractivity contribution in [3.05, 3.63) is 47.4 Å². The lowest BCUT2D eigenvalue weighted by Crippen LogP contribution is -2.22. The van der Waals surface area contributed by atoms with E-state index in [0.717, 1.165) is 41.5 Å². The van der Waals surface area contributed by atoms with Gasteiger partial charge in [-0.05, 0) is 36.4 Å². The maximum Gasteiger partial charge on any atom is 0.161 e. The van der Waals surface area contributed by atoms with Crippen LogP contribution in [0.4, 0.5) is 0 Å². The van der Waals surface area contributed by atoms with Gasteiger partial charge in [0.1, 0.15) is 24.7 Å². The molecule has 1 aliphatic heterocycles. The van der Waals surface area contributed by atoms with Gasteiger partial charge >= 0.3 is 0 Å². The summed E-state index contributed by atoms with van der Waals surface area (Å²) in [4.78, 5) is 0. The zero-order valence-electron chi connectivity index (χ0n) is 12.5. The fraction of sp³-hybridized carbons (Fsp3) is 0.412. The number of aryl methyl sites for hydroxylation is 1. The molecule has 21 heavy (non-hydrogen) atoms. The van der Waals surface area contributed by atoms with Gasteiger partial charge in [0, 0.05) is 6.42 Å². The van der Waals surface area contributed by atoms with Gasteiger partial charge in [-0.2, -0.15) is 0 Å². The van der Waals surface area contributed by atoms with Crippen LogP contribution in [0.5, 0.6) is 11.5 Å². The average Bonchev–Trinajstić information content (AvgIpc) is 3.01. The topological polar surface area (TPSA) is 43.6 Å². The summed E-state index contributed by atoms with van der Waals surface area (Å²) in [7, 11) is 0. The van der Waals surface area contributed by atoms with E-state index in [2.05, 4.69) is 25.2 Å². The quantitative estimate of drug-likeness (QED) is 0.916. The largest absolute Gasteiger partial charge is 0.486 e. The molecule has 1 aliphatic rings. The molecule has 1 aromatic carbocycles. The van der Waals surface area contributed by atoms with Crippen molar-refractivity contribution in [2.75, 3.05) is 19.8 Å². The first-order valence-corrected chi connectivity index (χ1v) is 7.53. The number of nitrogens with one attached hydrogen (secondary N) is 1. The third-order valence-corrected chi connectivity index (χ3v) is 3.62. The molecule has 0 radical (unpaired) electrons. The van der Waals surface area contributed by atoms with Crippen LogP contribution in [0, 0.1) is 0 Å². The smallest absolute Gasteiger partial charge is 0.161 e. The molecule has 1 atom stereocenters. The third-order valence-electron chi connectivity index (χ3n) is 3.62. The van der Waals surface area contributed by atoms with Crippen molar-refractivity contribution >= 4 is 0 Å². The minimum atomic E-state index is 0.0335. The fourth-order valence-corrected chi connectivity index (χ4v) is 2.57. The summed E-state index contributed by atoms with van der Waals surface area (Å²) in [5.41, 5.74) is 1.12. The van der Waals surface area contributed by atoms with Gasteiger partial charge in [0.2, 0.25) is 0 Å². The van der Waals surface area contributed by atoms with E-state index in [-0.39, 0.29) is 6.04 Å². The maximum atomic E-state index is 5.91. The molecule has 0 amide bonds. The molecule has 4 nitrogen and oxygen atoms in total. The second kappa shape index (κ2) is 6.22. The summed E-state index contributed by atoms with van der Waals surface area (Å²) < 4.78 is 17.2. The van der Waals surface area contributed by atoms with Crippen molar-refractivity contribution in [3.8, 4) is 11.5 Å². The van der Waals surface area contributed by atoms with Crippen LogP contribution in [0.1, 0.15) is 37.0 Å². The van der Waals surface area contributed by atoms with Gasteiger partial charge in [-0.3, -0.25) is 0 Å². The van der Waals surface area contributed by atoms with E-state index in [1.807, 2.05) is 24.3 Å². The molecule has 2 heterocycles. The normalized spacial score (nSPS) is 15.0. The number of furan rings is 1. The lowest BCUT2D eigenvalue weighted by molar-refractivity contribution is 0.171. The first-order chi connectivity index (χ1) is 10.3. The van der Waals surface area contributed by atoms with Gasteiger partial charge in [-0.1, -0.05) is 19.9 Å². The Balaban J connectivity index is 1.93. The van der Waals surface area contributed by atoms with Crippen LogP contribution in [0.2, 0.25) is 0 Å². The van der Waals surface area contributed by atoms with E-state index in [1.54, 1.807) is 0 Å². The second-order valence-corrected chi connectivity index (χ2v) is 5.05. The molecule has 0 spiro atoms. The molecule has 3 rings (SSSR count). The van der Waals surface area contributed by atoms with E-state index >= 15 is 0 Å². The third kappa shape index (κ3) is 2.90. The molecule has 1 unspecified atom stereocenters. The molecule has 2 aromatic rings. The molecule has 0 bridgehead atoms. The molecule has 0 saturated heterocycles. The van der Waals surface area contributed by atoms with Crippen LogP contribution in [-0.4, -0.2) is 19.8 Å². The Labute approximate surface area is 125 Å². The van der Waals surface area contributed by atoms with Crippen molar-refractivity contribution in [3.63, 3.8) is 0 Å². The summed E-state index contributed by atoms with van der Waals surface area (Å²) in [6.45, 7) is 6.26. The number of ether oxygens (including phenoxy) is 2. The number of fused-ring (bicyclic) bond motifs is 1. The Morgan fingerprint density at radius 1 is 1.05 bits per heavy atom. The van der Waals surface area contributed by atoms with E-state index in [9.17, 15) is 0 Å². The van der Waals surface area contributed by atoms with E-state index < -0.39 is 0 Å². The van der Waals surface area contributed by atoms with Crippen LogP contribution in [0.3, 0.4) is 0 Å². The molecular formula is C17H21NO3. The van der Waals surface area contributed by atoms with E-state index in [1.165, 1.54) is 0 Å². The second-order valence-electron chi connectivity index (χ2n) is 5.05. The molecule has 4 heteroatoms. The number of hydrogen-bond donors (Lipinski definition) is 1. The predicted molar refractivity (Wildman–Crippen MR) is 81.0 cm³/mol. The first kappa shape index (κ1) is 14.0. The highest BCUT2D eigenvalue weighted by atomic mass is 16.6.